The second kappa shape index (κ2) is 4.58. The normalized spacial score (nSPS) is 11.9. The molecule has 0 fully saturated rings. The van der Waals surface area contributed by atoms with E-state index in [1.807, 2.05) is 6.07 Å². The number of hydrogen-bond acceptors (Lipinski definition) is 3. The van der Waals surface area contributed by atoms with Crippen molar-refractivity contribution in [3.8, 4) is 11.8 Å². The molecule has 0 spiro atoms. The third kappa shape index (κ3) is 2.01. The van der Waals surface area contributed by atoms with Gasteiger partial charge in [-0.2, -0.15) is 5.26 Å². The summed E-state index contributed by atoms with van der Waals surface area (Å²) in [6.45, 7) is -0.351. The van der Waals surface area contributed by atoms with Crippen molar-refractivity contribution in [2.45, 2.75) is 5.92 Å². The van der Waals surface area contributed by atoms with Gasteiger partial charge in [-0.3, -0.25) is 0 Å². The van der Waals surface area contributed by atoms with Gasteiger partial charge in [-0.05, 0) is 18.2 Å². The molecule has 0 aromatic heterocycles. The summed E-state index contributed by atoms with van der Waals surface area (Å²) >= 11 is 0. The summed E-state index contributed by atoms with van der Waals surface area (Å²) in [5, 5.41) is 17.6. The van der Waals surface area contributed by atoms with Crippen LogP contribution in [0.3, 0.4) is 0 Å². The average molecular weight is 195 g/mol. The van der Waals surface area contributed by atoms with Gasteiger partial charge in [-0.1, -0.05) is 0 Å². The Bertz CT molecular complexity index is 360. The maximum absolute atomic E-state index is 12.9. The molecule has 0 amide bonds. The predicted octanol–water partition coefficient (Wildman–Crippen LogP) is 1.43. The lowest BCUT2D eigenvalue weighted by atomic mass is 10.0. The number of methoxy groups -OCH3 is 1. The smallest absolute Gasteiger partial charge is 0.123 e. The van der Waals surface area contributed by atoms with Crippen molar-refractivity contribution in [2.75, 3.05) is 13.7 Å². The molecule has 0 aliphatic carbocycles. The highest BCUT2D eigenvalue weighted by Gasteiger charge is 2.15. The van der Waals surface area contributed by atoms with E-state index in [9.17, 15) is 4.39 Å². The molecule has 0 saturated carbocycles. The van der Waals surface area contributed by atoms with Crippen molar-refractivity contribution in [3.05, 3.63) is 29.6 Å². The van der Waals surface area contributed by atoms with Crippen LogP contribution in [0.4, 0.5) is 4.39 Å². The van der Waals surface area contributed by atoms with Crippen LogP contribution in [-0.4, -0.2) is 18.8 Å². The van der Waals surface area contributed by atoms with Gasteiger partial charge in [0.25, 0.3) is 0 Å². The summed E-state index contributed by atoms with van der Waals surface area (Å²) in [5.74, 6) is -0.790. The highest BCUT2D eigenvalue weighted by molar-refractivity contribution is 5.39. The van der Waals surface area contributed by atoms with E-state index in [-0.39, 0.29) is 6.61 Å². The molecule has 0 aliphatic heterocycles. The largest absolute Gasteiger partial charge is 0.496 e. The Hall–Kier alpha value is -1.60. The number of hydrogen-bond donors (Lipinski definition) is 1. The van der Waals surface area contributed by atoms with Gasteiger partial charge in [0, 0.05) is 5.56 Å². The highest BCUT2D eigenvalue weighted by Crippen LogP contribution is 2.26. The molecule has 0 saturated heterocycles. The minimum absolute atomic E-state index is 0.351. The van der Waals surface area contributed by atoms with Crippen molar-refractivity contribution in [1.29, 1.82) is 5.26 Å². The van der Waals surface area contributed by atoms with Crippen molar-refractivity contribution >= 4 is 0 Å². The topological polar surface area (TPSA) is 53.2 Å². The third-order valence-electron chi connectivity index (χ3n) is 1.91. The van der Waals surface area contributed by atoms with Gasteiger partial charge in [0.2, 0.25) is 0 Å². The van der Waals surface area contributed by atoms with Crippen LogP contribution in [0.5, 0.6) is 5.75 Å². The van der Waals surface area contributed by atoms with E-state index in [0.717, 1.165) is 0 Å². The van der Waals surface area contributed by atoms with Crippen LogP contribution in [0, 0.1) is 17.1 Å². The summed E-state index contributed by atoms with van der Waals surface area (Å²) in [4.78, 5) is 0. The summed E-state index contributed by atoms with van der Waals surface area (Å²) in [5.41, 5.74) is 0.373. The zero-order chi connectivity index (χ0) is 10.6. The zero-order valence-corrected chi connectivity index (χ0v) is 7.70. The van der Waals surface area contributed by atoms with Crippen molar-refractivity contribution in [1.82, 2.24) is 0 Å². The van der Waals surface area contributed by atoms with E-state index >= 15 is 0 Å². The molecular formula is C10H10FNO2. The monoisotopic (exact) mass is 195 g/mol. The van der Waals surface area contributed by atoms with Crippen LogP contribution in [0.2, 0.25) is 0 Å². The van der Waals surface area contributed by atoms with E-state index in [1.165, 1.54) is 25.3 Å². The molecule has 1 N–H and O–H groups in total. The van der Waals surface area contributed by atoms with Gasteiger partial charge >= 0.3 is 0 Å². The lowest BCUT2D eigenvalue weighted by molar-refractivity contribution is 0.282. The van der Waals surface area contributed by atoms with E-state index in [4.69, 9.17) is 15.1 Å². The summed E-state index contributed by atoms with van der Waals surface area (Å²) in [6, 6.07) is 5.75. The van der Waals surface area contributed by atoms with Gasteiger partial charge < -0.3 is 9.84 Å². The fourth-order valence-electron chi connectivity index (χ4n) is 1.19. The number of aliphatic hydroxyl groups is 1. The highest BCUT2D eigenvalue weighted by atomic mass is 19.1. The molecule has 14 heavy (non-hydrogen) atoms. The fraction of sp³-hybridized carbons (Fsp3) is 0.300. The number of ether oxygens (including phenoxy) is 1. The van der Waals surface area contributed by atoms with E-state index in [0.29, 0.717) is 11.3 Å². The van der Waals surface area contributed by atoms with Gasteiger partial charge in [-0.15, -0.1) is 0 Å². The molecule has 3 nitrogen and oxygen atoms in total. The Balaban J connectivity index is 3.16. The second-order valence-corrected chi connectivity index (χ2v) is 2.75. The molecular weight excluding hydrogens is 185 g/mol. The van der Waals surface area contributed by atoms with Crippen LogP contribution in [0.25, 0.3) is 0 Å². The molecule has 0 heterocycles. The fourth-order valence-corrected chi connectivity index (χ4v) is 1.19. The van der Waals surface area contributed by atoms with E-state index in [1.54, 1.807) is 0 Å². The second-order valence-electron chi connectivity index (χ2n) is 2.75. The van der Waals surface area contributed by atoms with Crippen molar-refractivity contribution in [2.24, 2.45) is 0 Å². The van der Waals surface area contributed by atoms with E-state index < -0.39 is 11.7 Å². The minimum Gasteiger partial charge on any atom is -0.496 e. The zero-order valence-electron chi connectivity index (χ0n) is 7.70. The first-order chi connectivity index (χ1) is 6.72. The molecule has 1 aromatic rings. The van der Waals surface area contributed by atoms with Gasteiger partial charge in [-0.25, -0.2) is 4.39 Å². The van der Waals surface area contributed by atoms with Crippen LogP contribution in [-0.2, 0) is 0 Å². The summed E-state index contributed by atoms with van der Waals surface area (Å²) in [6.07, 6.45) is 0. The quantitative estimate of drug-likeness (QED) is 0.793. The lowest BCUT2D eigenvalue weighted by Gasteiger charge is -2.11. The van der Waals surface area contributed by atoms with Gasteiger partial charge in [0.05, 0.1) is 25.7 Å². The van der Waals surface area contributed by atoms with Crippen molar-refractivity contribution in [3.63, 3.8) is 0 Å². The van der Waals surface area contributed by atoms with Gasteiger partial charge in [0.1, 0.15) is 11.6 Å². The van der Waals surface area contributed by atoms with Crippen LogP contribution >= 0.6 is 0 Å². The van der Waals surface area contributed by atoms with Gasteiger partial charge in [0.15, 0.2) is 0 Å². The molecule has 4 heteroatoms. The third-order valence-corrected chi connectivity index (χ3v) is 1.91. The molecule has 1 atom stereocenters. The van der Waals surface area contributed by atoms with Crippen molar-refractivity contribution < 1.29 is 14.2 Å². The number of nitriles is 1. The Morgan fingerprint density at radius 2 is 2.36 bits per heavy atom. The maximum atomic E-state index is 12.9. The number of halogens is 1. The number of nitrogens with zero attached hydrogens (tertiary/aromatic N) is 1. The molecule has 0 radical (unpaired) electrons. The number of rotatable bonds is 3. The van der Waals surface area contributed by atoms with Crippen LogP contribution < -0.4 is 4.74 Å². The molecule has 1 aromatic carbocycles. The molecule has 1 rings (SSSR count). The Kier molecular flexibility index (Phi) is 3.43. The average Bonchev–Trinajstić information content (AvgIpc) is 2.20. The first-order valence-corrected chi connectivity index (χ1v) is 4.06. The minimum atomic E-state index is -0.749. The lowest BCUT2D eigenvalue weighted by Crippen LogP contribution is -2.04. The Labute approximate surface area is 81.4 Å². The van der Waals surface area contributed by atoms with E-state index in [2.05, 4.69) is 0 Å². The number of aliphatic hydroxyl groups excluding tert-OH is 1. The number of benzene rings is 1. The Morgan fingerprint density at radius 3 is 2.86 bits per heavy atom. The molecule has 74 valence electrons. The standard InChI is InChI=1S/C10H10FNO2/c1-14-10-3-2-8(11)4-9(10)7(5-12)6-13/h2-4,7,13H,6H2,1H3. The SMILES string of the molecule is COc1ccc(F)cc1C(C#N)CO. The maximum Gasteiger partial charge on any atom is 0.123 e. The first kappa shape index (κ1) is 10.5. The molecule has 0 aliphatic rings. The molecule has 0 bridgehead atoms. The van der Waals surface area contributed by atoms with Crippen LogP contribution in [0.1, 0.15) is 11.5 Å². The Morgan fingerprint density at radius 1 is 1.64 bits per heavy atom. The summed E-state index contributed by atoms with van der Waals surface area (Å²) < 4.78 is 17.8. The molecule has 1 unspecified atom stereocenters. The van der Waals surface area contributed by atoms with Crippen LogP contribution in [0.15, 0.2) is 18.2 Å². The first-order valence-electron chi connectivity index (χ1n) is 4.06. The predicted molar refractivity (Wildman–Crippen MR) is 48.4 cm³/mol. The summed E-state index contributed by atoms with van der Waals surface area (Å²) in [7, 11) is 1.43.